The van der Waals surface area contributed by atoms with Gasteiger partial charge in [0.15, 0.2) is 0 Å². The summed E-state index contributed by atoms with van der Waals surface area (Å²) in [6.07, 6.45) is 4.05. The van der Waals surface area contributed by atoms with Crippen LogP contribution in [0.25, 0.3) is 10.9 Å². The number of nitrogens with zero attached hydrogens (tertiary/aromatic N) is 4. The molecule has 5 rings (SSSR count). The Hall–Kier alpha value is -3.26. The molecule has 1 unspecified atom stereocenters. The van der Waals surface area contributed by atoms with Crippen LogP contribution in [0.5, 0.6) is 0 Å². The lowest BCUT2D eigenvalue weighted by Crippen LogP contribution is -2.50. The topological polar surface area (TPSA) is 75.6 Å². The predicted octanol–water partition coefficient (Wildman–Crippen LogP) is 5.00. The van der Waals surface area contributed by atoms with Gasteiger partial charge >= 0.3 is 6.09 Å². The van der Waals surface area contributed by atoms with Crippen LogP contribution in [0.2, 0.25) is 5.02 Å². The Balaban J connectivity index is 1.34. The maximum absolute atomic E-state index is 14.3. The van der Waals surface area contributed by atoms with E-state index in [0.29, 0.717) is 67.4 Å². The Kier molecular flexibility index (Phi) is 7.05. The van der Waals surface area contributed by atoms with E-state index >= 15 is 0 Å². The number of hydrogen-bond acceptors (Lipinski definition) is 5. The van der Waals surface area contributed by atoms with Gasteiger partial charge in [0.2, 0.25) is 0 Å². The summed E-state index contributed by atoms with van der Waals surface area (Å²) in [6, 6.07) is 8.43. The van der Waals surface area contributed by atoms with Crippen molar-refractivity contribution in [1.29, 1.82) is 0 Å². The second-order valence-electron chi connectivity index (χ2n) is 9.29. The summed E-state index contributed by atoms with van der Waals surface area (Å²) in [5.74, 6) is -0.475. The lowest BCUT2D eigenvalue weighted by molar-refractivity contribution is 0.0560. The smallest absolute Gasteiger partial charge is 0.409 e. The first-order valence-corrected chi connectivity index (χ1v) is 12.8. The van der Waals surface area contributed by atoms with Crippen LogP contribution in [0.3, 0.4) is 0 Å². The van der Waals surface area contributed by atoms with Crippen LogP contribution in [0.1, 0.15) is 53.0 Å². The van der Waals surface area contributed by atoms with Gasteiger partial charge < -0.3 is 14.5 Å². The van der Waals surface area contributed by atoms with Crippen molar-refractivity contribution in [3.05, 3.63) is 69.9 Å². The molecule has 9 heteroatoms. The highest BCUT2D eigenvalue weighted by molar-refractivity contribution is 6.36. The van der Waals surface area contributed by atoms with E-state index in [2.05, 4.69) is 4.98 Å². The largest absolute Gasteiger partial charge is 0.449 e. The molecule has 0 saturated carbocycles. The fourth-order valence-electron chi connectivity index (χ4n) is 5.01. The fraction of sp³-hybridized carbons (Fsp3) is 0.407. The van der Waals surface area contributed by atoms with Crippen molar-refractivity contribution in [2.45, 2.75) is 38.5 Å². The lowest BCUT2D eigenvalue weighted by atomic mass is 9.84. The van der Waals surface area contributed by atoms with Crippen molar-refractivity contribution in [3.63, 3.8) is 0 Å². The van der Waals surface area contributed by atoms with Gasteiger partial charge in [-0.2, -0.15) is 0 Å². The zero-order valence-electron chi connectivity index (χ0n) is 20.2. The molecule has 1 fully saturated rings. The van der Waals surface area contributed by atoms with Crippen LogP contribution in [0, 0.1) is 5.82 Å². The van der Waals surface area contributed by atoms with Gasteiger partial charge in [-0.15, -0.1) is 0 Å². The number of benzene rings is 1. The van der Waals surface area contributed by atoms with Gasteiger partial charge in [0.25, 0.3) is 5.91 Å². The number of carbonyl (C=O) groups is 2. The highest BCUT2D eigenvalue weighted by atomic mass is 35.5. The number of amides is 2. The van der Waals surface area contributed by atoms with Crippen LogP contribution < -0.4 is 0 Å². The van der Waals surface area contributed by atoms with E-state index in [1.54, 1.807) is 34.2 Å². The summed E-state index contributed by atoms with van der Waals surface area (Å²) < 4.78 is 19.5. The van der Waals surface area contributed by atoms with Gasteiger partial charge in [-0.3, -0.25) is 14.8 Å². The number of hydrogen-bond donors (Lipinski definition) is 0. The average Bonchev–Trinajstić information content (AvgIpc) is 2.91. The highest BCUT2D eigenvalue weighted by Crippen LogP contribution is 2.38. The number of piperazine rings is 1. The molecule has 7 nitrogen and oxygen atoms in total. The number of aromatic nitrogens is 2. The molecule has 1 atom stereocenters. The quantitative estimate of drug-likeness (QED) is 0.494. The van der Waals surface area contributed by atoms with Crippen LogP contribution in [-0.2, 0) is 17.6 Å². The number of halogens is 2. The van der Waals surface area contributed by atoms with Crippen LogP contribution >= 0.6 is 11.6 Å². The molecule has 1 aliphatic heterocycles. The number of fused-ring (bicyclic) bond motifs is 2. The molecular weight excluding hydrogens is 483 g/mol. The van der Waals surface area contributed by atoms with E-state index in [4.69, 9.17) is 21.3 Å². The molecule has 2 amide bonds. The van der Waals surface area contributed by atoms with E-state index in [0.717, 1.165) is 29.5 Å². The SMILES string of the molecule is CCCOC(=O)N1CCN(C(=O)c2ccc3c(Cl)c4c(nc3c2)CC(c2ncccc2F)CC4)CC1. The molecule has 0 radical (unpaired) electrons. The van der Waals surface area contributed by atoms with Crippen molar-refractivity contribution in [1.82, 2.24) is 19.8 Å². The van der Waals surface area contributed by atoms with Crippen molar-refractivity contribution in [3.8, 4) is 0 Å². The van der Waals surface area contributed by atoms with Crippen molar-refractivity contribution < 1.29 is 18.7 Å². The zero-order chi connectivity index (χ0) is 25.2. The van der Waals surface area contributed by atoms with E-state index in [1.165, 1.54) is 6.07 Å². The third-order valence-electron chi connectivity index (χ3n) is 6.96. The predicted molar refractivity (Wildman–Crippen MR) is 135 cm³/mol. The van der Waals surface area contributed by atoms with Gasteiger partial charge in [0.1, 0.15) is 5.82 Å². The Labute approximate surface area is 214 Å². The molecule has 3 heterocycles. The second-order valence-corrected chi connectivity index (χ2v) is 9.66. The first-order chi connectivity index (χ1) is 17.5. The average molecular weight is 511 g/mol. The molecule has 1 aliphatic carbocycles. The lowest BCUT2D eigenvalue weighted by Gasteiger charge is -2.34. The molecule has 188 valence electrons. The van der Waals surface area contributed by atoms with Crippen molar-refractivity contribution in [2.24, 2.45) is 0 Å². The summed E-state index contributed by atoms with van der Waals surface area (Å²) in [7, 11) is 0. The monoisotopic (exact) mass is 510 g/mol. The van der Waals surface area contributed by atoms with Gasteiger partial charge in [0.05, 0.1) is 22.8 Å². The molecule has 1 aromatic carbocycles. The maximum Gasteiger partial charge on any atom is 0.409 e. The number of pyridine rings is 2. The molecule has 2 aliphatic rings. The Morgan fingerprint density at radius 3 is 2.69 bits per heavy atom. The van der Waals surface area contributed by atoms with Crippen molar-refractivity contribution >= 4 is 34.5 Å². The van der Waals surface area contributed by atoms with Gasteiger partial charge in [-0.05, 0) is 55.5 Å². The van der Waals surface area contributed by atoms with Gasteiger partial charge in [0, 0.05) is 54.9 Å². The molecule has 36 heavy (non-hydrogen) atoms. The molecule has 1 saturated heterocycles. The Morgan fingerprint density at radius 2 is 1.94 bits per heavy atom. The summed E-state index contributed by atoms with van der Waals surface area (Å²) in [6.45, 7) is 4.09. The second kappa shape index (κ2) is 10.4. The maximum atomic E-state index is 14.3. The minimum absolute atomic E-state index is 0.0650. The fourth-order valence-corrected chi connectivity index (χ4v) is 5.37. The summed E-state index contributed by atoms with van der Waals surface area (Å²) in [4.78, 5) is 37.8. The molecule has 3 aromatic rings. The van der Waals surface area contributed by atoms with Gasteiger partial charge in [-0.1, -0.05) is 24.6 Å². The van der Waals surface area contributed by atoms with Crippen LogP contribution in [-0.4, -0.2) is 64.6 Å². The Morgan fingerprint density at radius 1 is 1.17 bits per heavy atom. The first-order valence-electron chi connectivity index (χ1n) is 12.4. The van der Waals surface area contributed by atoms with E-state index in [-0.39, 0.29) is 23.7 Å². The van der Waals surface area contributed by atoms with Crippen molar-refractivity contribution in [2.75, 3.05) is 32.8 Å². The number of ether oxygens (including phenoxy) is 1. The minimum Gasteiger partial charge on any atom is -0.449 e. The summed E-state index contributed by atoms with van der Waals surface area (Å²) >= 11 is 6.77. The van der Waals surface area contributed by atoms with Crippen LogP contribution in [0.15, 0.2) is 36.5 Å². The molecule has 0 bridgehead atoms. The third-order valence-corrected chi connectivity index (χ3v) is 7.39. The minimum atomic E-state index is -0.331. The Bertz CT molecular complexity index is 1310. The molecule has 0 spiro atoms. The normalized spacial score (nSPS) is 17.7. The number of rotatable bonds is 4. The zero-order valence-corrected chi connectivity index (χ0v) is 20.9. The van der Waals surface area contributed by atoms with E-state index in [1.807, 2.05) is 13.0 Å². The molecule has 2 aromatic heterocycles. The van der Waals surface area contributed by atoms with Crippen LogP contribution in [0.4, 0.5) is 9.18 Å². The van der Waals surface area contributed by atoms with E-state index in [9.17, 15) is 14.0 Å². The molecule has 0 N–H and O–H groups in total. The summed E-state index contributed by atoms with van der Waals surface area (Å²) in [5.41, 5.74) is 3.45. The van der Waals surface area contributed by atoms with E-state index < -0.39 is 0 Å². The third kappa shape index (κ3) is 4.74. The molecular formula is C27H28ClFN4O3. The standard InChI is InChI=1S/C27H28ClFN4O3/c1-2-14-36-27(35)33-12-10-32(11-13-33)26(34)18-6-8-20-23(16-18)31-22-15-17(5-7-19(22)24(20)28)25-21(29)4-3-9-30-25/h3-4,6,8-9,16-17H,2,5,7,10-15H2,1H3. The highest BCUT2D eigenvalue weighted by Gasteiger charge is 2.28. The summed E-state index contributed by atoms with van der Waals surface area (Å²) in [5, 5.41) is 1.45. The first kappa shape index (κ1) is 24.4. The van der Waals surface area contributed by atoms with Gasteiger partial charge in [-0.25, -0.2) is 9.18 Å². The number of carbonyl (C=O) groups excluding carboxylic acids is 2.